The molecule has 2 aromatic rings. The number of fused-ring (bicyclic) bond motifs is 1. The number of hydrogen-bond acceptors (Lipinski definition) is 8. The predicted octanol–water partition coefficient (Wildman–Crippen LogP) is 5.14. The molecule has 0 spiro atoms. The van der Waals surface area contributed by atoms with Crippen molar-refractivity contribution in [3.63, 3.8) is 0 Å². The second-order valence-electron chi connectivity index (χ2n) is 11.7. The number of amides is 2. The summed E-state index contributed by atoms with van der Waals surface area (Å²) < 4.78 is 72.5. The number of carbonyl (C=O) groups is 4. The van der Waals surface area contributed by atoms with Crippen LogP contribution in [0, 0.1) is 0 Å². The molecule has 2 aliphatic rings. The molecule has 2 aromatic carbocycles. The van der Waals surface area contributed by atoms with E-state index in [1.165, 1.54) is 24.8 Å². The van der Waals surface area contributed by atoms with E-state index in [-0.39, 0.29) is 24.2 Å². The molecule has 1 fully saturated rings. The molecule has 0 aromatic heterocycles. The molecule has 50 heavy (non-hydrogen) atoms. The van der Waals surface area contributed by atoms with Crippen LogP contribution in [0.4, 0.5) is 32.0 Å². The first-order valence-corrected chi connectivity index (χ1v) is 16.4. The minimum atomic E-state index is -5.77. The van der Waals surface area contributed by atoms with Crippen LogP contribution < -0.4 is 20.7 Å². The number of hydrogen-bond donors (Lipinski definition) is 4. The average molecular weight is 737 g/mol. The first-order chi connectivity index (χ1) is 23.6. The van der Waals surface area contributed by atoms with Gasteiger partial charge < -0.3 is 30.7 Å². The molecule has 0 unspecified atom stereocenters. The van der Waals surface area contributed by atoms with Crippen LogP contribution in [0.15, 0.2) is 36.4 Å². The number of carbonyl (C=O) groups excluding carboxylic acids is 4. The lowest BCUT2D eigenvalue weighted by Crippen LogP contribution is -2.45. The van der Waals surface area contributed by atoms with Gasteiger partial charge >= 0.3 is 23.9 Å². The van der Waals surface area contributed by atoms with Crippen molar-refractivity contribution >= 4 is 40.7 Å². The van der Waals surface area contributed by atoms with Gasteiger partial charge in [0.05, 0.1) is 0 Å². The number of phenols is 1. The summed E-state index contributed by atoms with van der Waals surface area (Å²) in [4.78, 5) is 46.1. The molecule has 1 heterocycles. The molecule has 4 rings (SSSR count). The van der Waals surface area contributed by atoms with Gasteiger partial charge in [0.1, 0.15) is 11.4 Å². The van der Waals surface area contributed by atoms with Gasteiger partial charge in [0.15, 0.2) is 12.4 Å². The molecular weight excluding hydrogens is 698 g/mol. The van der Waals surface area contributed by atoms with Crippen molar-refractivity contribution < 1.29 is 55.4 Å². The van der Waals surface area contributed by atoms with E-state index < -0.39 is 23.9 Å². The zero-order chi connectivity index (χ0) is 36.9. The van der Waals surface area contributed by atoms with Crippen LogP contribution in [0.1, 0.15) is 49.7 Å². The first-order valence-electron chi connectivity index (χ1n) is 16.0. The highest BCUT2D eigenvalue weighted by Gasteiger charge is 2.54. The number of benzene rings is 2. The normalized spacial score (nSPS) is 14.8. The number of nitrogens with zero attached hydrogens (tertiary/aromatic N) is 1. The third kappa shape index (κ3) is 12.8. The minimum absolute atomic E-state index is 0.00495. The van der Waals surface area contributed by atoms with Crippen LogP contribution in [0.2, 0.25) is 5.02 Å². The van der Waals surface area contributed by atoms with Crippen molar-refractivity contribution in [3.05, 3.63) is 52.5 Å². The van der Waals surface area contributed by atoms with Gasteiger partial charge in [-0.3, -0.25) is 19.2 Å². The Kier molecular flexibility index (Phi) is 15.3. The summed E-state index contributed by atoms with van der Waals surface area (Å²) in [5, 5.41) is 20.3. The van der Waals surface area contributed by atoms with E-state index in [1.807, 2.05) is 24.3 Å². The molecule has 1 aliphatic heterocycles. The van der Waals surface area contributed by atoms with Crippen LogP contribution in [0.5, 0.6) is 11.5 Å². The summed E-state index contributed by atoms with van der Waals surface area (Å²) in [5.41, 5.74) is 2.46. The van der Waals surface area contributed by atoms with Crippen molar-refractivity contribution in [1.29, 1.82) is 0 Å². The standard InChI is InChI=1S/C29H39ClN4O4.C4F6O2/c30-23-6-4-5-21(19-23)11-14-31-16-13-27(37)34(24-7-2-1-3-8-24)18-17-32-15-12-22-9-10-25(35)28-29(22)38-20-26(36)33-28;5-3(6,7)1(11)2(12)4(8,9)10/h4-6,9-10,19,24,31-32,35H,1-3,7-8,11-18,20H2,(H,33,36);. The zero-order valence-electron chi connectivity index (χ0n) is 27.0. The lowest BCUT2D eigenvalue weighted by molar-refractivity contribution is -0.193. The van der Waals surface area contributed by atoms with Crippen molar-refractivity contribution in [2.45, 2.75) is 69.8 Å². The maximum atomic E-state index is 13.2. The Labute approximate surface area is 289 Å². The molecule has 0 saturated heterocycles. The van der Waals surface area contributed by atoms with Gasteiger partial charge in [0.2, 0.25) is 5.91 Å². The number of rotatable bonds is 14. The van der Waals surface area contributed by atoms with Crippen molar-refractivity contribution in [2.24, 2.45) is 0 Å². The maximum absolute atomic E-state index is 13.2. The van der Waals surface area contributed by atoms with Gasteiger partial charge in [-0.05, 0) is 68.1 Å². The second-order valence-corrected chi connectivity index (χ2v) is 12.1. The highest BCUT2D eigenvalue weighted by atomic mass is 35.5. The molecule has 0 bridgehead atoms. The number of halogens is 7. The number of Topliss-reactive ketones (excluding diaryl/α,β-unsaturated/α-hetero) is 2. The minimum Gasteiger partial charge on any atom is -0.506 e. The fourth-order valence-electron chi connectivity index (χ4n) is 5.51. The molecule has 1 aliphatic carbocycles. The third-order valence-corrected chi connectivity index (χ3v) is 8.22. The molecule has 276 valence electrons. The number of aromatic hydroxyl groups is 1. The summed E-state index contributed by atoms with van der Waals surface area (Å²) in [6.07, 6.45) is -3.70. The van der Waals surface area contributed by atoms with E-state index >= 15 is 0 Å². The topological polar surface area (TPSA) is 137 Å². The van der Waals surface area contributed by atoms with Gasteiger partial charge in [-0.25, -0.2) is 0 Å². The third-order valence-electron chi connectivity index (χ3n) is 7.98. The second kappa shape index (κ2) is 18.9. The van der Waals surface area contributed by atoms with Crippen LogP contribution in [-0.4, -0.2) is 91.1 Å². The predicted molar refractivity (Wildman–Crippen MR) is 172 cm³/mol. The Morgan fingerprint density at radius 1 is 0.900 bits per heavy atom. The first kappa shape index (κ1) is 40.5. The van der Waals surface area contributed by atoms with E-state index in [1.54, 1.807) is 6.07 Å². The molecule has 4 N–H and O–H groups in total. The molecule has 0 radical (unpaired) electrons. The number of ketones is 2. The number of ether oxygens (including phenoxy) is 1. The lowest BCUT2D eigenvalue weighted by atomic mass is 9.94. The van der Waals surface area contributed by atoms with Gasteiger partial charge in [-0.1, -0.05) is 49.1 Å². The largest absolute Gasteiger partial charge is 0.506 e. The van der Waals surface area contributed by atoms with Crippen LogP contribution in [0.25, 0.3) is 0 Å². The van der Waals surface area contributed by atoms with Crippen LogP contribution >= 0.6 is 11.6 Å². The number of anilines is 1. The Balaban J connectivity index is 0.000000482. The fraction of sp³-hybridized carbons (Fsp3) is 0.515. The summed E-state index contributed by atoms with van der Waals surface area (Å²) in [6.45, 7) is 3.52. The van der Waals surface area contributed by atoms with Crippen LogP contribution in [-0.2, 0) is 32.0 Å². The summed E-state index contributed by atoms with van der Waals surface area (Å²) >= 11 is 6.06. The van der Waals surface area contributed by atoms with Gasteiger partial charge in [-0.15, -0.1) is 0 Å². The van der Waals surface area contributed by atoms with Gasteiger partial charge in [0, 0.05) is 37.1 Å². The molecule has 0 atom stereocenters. The van der Waals surface area contributed by atoms with Crippen molar-refractivity contribution in [3.8, 4) is 11.5 Å². The summed E-state index contributed by atoms with van der Waals surface area (Å²) in [5.74, 6) is -6.33. The summed E-state index contributed by atoms with van der Waals surface area (Å²) in [7, 11) is 0. The maximum Gasteiger partial charge on any atom is 0.458 e. The van der Waals surface area contributed by atoms with E-state index in [4.69, 9.17) is 16.3 Å². The Morgan fingerprint density at radius 2 is 1.54 bits per heavy atom. The molecule has 17 heteroatoms. The quantitative estimate of drug-likeness (QED) is 0.0907. The fourth-order valence-corrected chi connectivity index (χ4v) is 5.72. The van der Waals surface area contributed by atoms with Crippen molar-refractivity contribution in [1.82, 2.24) is 15.5 Å². The molecular formula is C33H39ClF6N4O6. The van der Waals surface area contributed by atoms with Crippen LogP contribution in [0.3, 0.4) is 0 Å². The van der Waals surface area contributed by atoms with E-state index in [9.17, 15) is 50.6 Å². The average Bonchev–Trinajstić information content (AvgIpc) is 3.06. The van der Waals surface area contributed by atoms with Gasteiger partial charge in [0.25, 0.3) is 5.91 Å². The lowest BCUT2D eigenvalue weighted by Gasteiger charge is -2.34. The highest BCUT2D eigenvalue weighted by molar-refractivity contribution is 6.41. The molecule has 10 nitrogen and oxygen atoms in total. The number of phenolic OH excluding ortho intramolecular Hbond substituents is 1. The highest BCUT2D eigenvalue weighted by Crippen LogP contribution is 2.39. The van der Waals surface area contributed by atoms with E-state index in [0.717, 1.165) is 36.4 Å². The van der Waals surface area contributed by atoms with Crippen molar-refractivity contribution in [2.75, 3.05) is 44.6 Å². The Bertz CT molecular complexity index is 1460. The monoisotopic (exact) mass is 736 g/mol. The van der Waals surface area contributed by atoms with E-state index in [0.29, 0.717) is 56.5 Å². The Hall–Kier alpha value is -3.89. The SMILES string of the molecule is O=C(C(=O)C(F)(F)F)C(F)(F)F.O=C1COc2c(CCNCCN(C(=O)CCNCCc3cccc(Cl)c3)C3CCCCC3)ccc(O)c2N1. The molecule has 1 saturated carbocycles. The number of alkyl halides is 6. The molecule has 2 amide bonds. The summed E-state index contributed by atoms with van der Waals surface area (Å²) in [6, 6.07) is 11.6. The Morgan fingerprint density at radius 3 is 2.18 bits per heavy atom. The van der Waals surface area contributed by atoms with E-state index in [2.05, 4.69) is 26.9 Å². The smallest absolute Gasteiger partial charge is 0.458 e. The zero-order valence-corrected chi connectivity index (χ0v) is 27.8. The number of nitrogens with one attached hydrogen (secondary N) is 3. The van der Waals surface area contributed by atoms with Gasteiger partial charge in [-0.2, -0.15) is 26.3 Å².